The number of primary amides is 1. The van der Waals surface area contributed by atoms with Crippen molar-refractivity contribution in [3.8, 4) is 5.75 Å². The molecular weight excluding hydrogens is 476 g/mol. The second-order valence-electron chi connectivity index (χ2n) is 6.18. The van der Waals surface area contributed by atoms with Crippen LogP contribution in [0.25, 0.3) is 6.08 Å². The zero-order valence-electron chi connectivity index (χ0n) is 15.5. The van der Waals surface area contributed by atoms with E-state index in [4.69, 9.17) is 10.5 Å². The number of barbiturate groups is 1. The average molecular weight is 489 g/mol. The molecule has 3 N–H and O–H groups in total. The molecule has 5 amide bonds. The van der Waals surface area contributed by atoms with E-state index in [1.165, 1.54) is 42.5 Å². The third kappa shape index (κ3) is 4.75. The van der Waals surface area contributed by atoms with Crippen molar-refractivity contribution in [1.82, 2.24) is 5.32 Å². The Balaban J connectivity index is 1.94. The van der Waals surface area contributed by atoms with Gasteiger partial charge in [0.1, 0.15) is 11.3 Å². The van der Waals surface area contributed by atoms with Crippen LogP contribution in [0.2, 0.25) is 0 Å². The normalized spacial score (nSPS) is 15.1. The average Bonchev–Trinajstić information content (AvgIpc) is 2.70. The molecule has 3 rings (SSSR count). The Labute approximate surface area is 182 Å². The topological polar surface area (TPSA) is 162 Å². The van der Waals surface area contributed by atoms with Crippen LogP contribution in [-0.4, -0.2) is 35.3 Å². The first-order valence-corrected chi connectivity index (χ1v) is 9.33. The van der Waals surface area contributed by atoms with Crippen molar-refractivity contribution < 1.29 is 28.8 Å². The van der Waals surface area contributed by atoms with Crippen LogP contribution in [0, 0.1) is 10.1 Å². The monoisotopic (exact) mass is 488 g/mol. The number of nitro benzene ring substituents is 1. The molecular formula is C19H13BrN4O7. The van der Waals surface area contributed by atoms with Crippen LogP contribution >= 0.6 is 15.9 Å². The first kappa shape index (κ1) is 21.6. The summed E-state index contributed by atoms with van der Waals surface area (Å²) in [4.78, 5) is 59.2. The Kier molecular flexibility index (Phi) is 6.11. The summed E-state index contributed by atoms with van der Waals surface area (Å²) in [6, 6.07) is 8.41. The fraction of sp³-hybridized carbons (Fsp3) is 0.0526. The number of benzene rings is 2. The molecule has 1 saturated heterocycles. The predicted molar refractivity (Wildman–Crippen MR) is 111 cm³/mol. The molecule has 11 nitrogen and oxygen atoms in total. The Morgan fingerprint density at radius 1 is 1.23 bits per heavy atom. The number of rotatable bonds is 6. The van der Waals surface area contributed by atoms with Crippen molar-refractivity contribution in [2.24, 2.45) is 5.73 Å². The van der Waals surface area contributed by atoms with Gasteiger partial charge in [-0.2, -0.15) is 0 Å². The second-order valence-corrected chi connectivity index (χ2v) is 7.03. The number of nitro groups is 1. The van der Waals surface area contributed by atoms with E-state index in [0.29, 0.717) is 20.7 Å². The number of halogens is 1. The summed E-state index contributed by atoms with van der Waals surface area (Å²) in [5, 5.41) is 13.0. The minimum atomic E-state index is -1.02. The second kappa shape index (κ2) is 8.75. The maximum absolute atomic E-state index is 12.9. The summed E-state index contributed by atoms with van der Waals surface area (Å²) in [5.41, 5.74) is 4.70. The highest BCUT2D eigenvalue weighted by molar-refractivity contribution is 9.10. The van der Waals surface area contributed by atoms with Gasteiger partial charge in [-0.25, -0.2) is 9.69 Å². The van der Waals surface area contributed by atoms with E-state index in [0.717, 1.165) is 6.07 Å². The van der Waals surface area contributed by atoms with Gasteiger partial charge in [0.15, 0.2) is 6.61 Å². The van der Waals surface area contributed by atoms with E-state index < -0.39 is 28.7 Å². The van der Waals surface area contributed by atoms with Gasteiger partial charge in [-0.1, -0.05) is 12.1 Å². The summed E-state index contributed by atoms with van der Waals surface area (Å²) in [5.74, 6) is -2.21. The van der Waals surface area contributed by atoms with Gasteiger partial charge in [-0.05, 0) is 45.8 Å². The highest BCUT2D eigenvalue weighted by atomic mass is 79.9. The number of nitrogens with one attached hydrogen (secondary N) is 1. The lowest BCUT2D eigenvalue weighted by molar-refractivity contribution is -0.384. The Morgan fingerprint density at radius 3 is 2.61 bits per heavy atom. The Bertz CT molecular complexity index is 1160. The number of imide groups is 2. The van der Waals surface area contributed by atoms with E-state index in [2.05, 4.69) is 15.9 Å². The minimum Gasteiger partial charge on any atom is -0.483 e. The summed E-state index contributed by atoms with van der Waals surface area (Å²) in [6.07, 6.45) is 1.25. The quantitative estimate of drug-likeness (QED) is 0.271. The number of urea groups is 1. The molecule has 0 spiro atoms. The van der Waals surface area contributed by atoms with Gasteiger partial charge in [-0.3, -0.25) is 29.8 Å². The van der Waals surface area contributed by atoms with Gasteiger partial charge >= 0.3 is 6.03 Å². The molecule has 1 heterocycles. The highest BCUT2D eigenvalue weighted by Gasteiger charge is 2.37. The minimum absolute atomic E-state index is 0.0634. The lowest BCUT2D eigenvalue weighted by Crippen LogP contribution is -2.54. The highest BCUT2D eigenvalue weighted by Crippen LogP contribution is 2.29. The van der Waals surface area contributed by atoms with Gasteiger partial charge in [0.2, 0.25) is 0 Å². The zero-order chi connectivity index (χ0) is 22.7. The third-order valence-corrected chi connectivity index (χ3v) is 4.66. The molecule has 0 radical (unpaired) electrons. The van der Waals surface area contributed by atoms with Crippen molar-refractivity contribution in [3.63, 3.8) is 0 Å². The molecule has 0 saturated carbocycles. The van der Waals surface area contributed by atoms with Crippen molar-refractivity contribution >= 4 is 57.1 Å². The van der Waals surface area contributed by atoms with Crippen LogP contribution in [0.5, 0.6) is 5.75 Å². The fourth-order valence-corrected chi connectivity index (χ4v) is 3.19. The number of nitrogens with zero attached hydrogens (tertiary/aromatic N) is 2. The maximum atomic E-state index is 12.9. The van der Waals surface area contributed by atoms with Crippen LogP contribution in [-0.2, 0) is 14.4 Å². The predicted octanol–water partition coefficient (Wildman–Crippen LogP) is 1.89. The lowest BCUT2D eigenvalue weighted by Gasteiger charge is -2.26. The Morgan fingerprint density at radius 2 is 1.97 bits per heavy atom. The van der Waals surface area contributed by atoms with Crippen molar-refractivity contribution in [3.05, 3.63) is 68.2 Å². The van der Waals surface area contributed by atoms with E-state index in [9.17, 15) is 29.3 Å². The van der Waals surface area contributed by atoms with Gasteiger partial charge in [0.05, 0.1) is 15.1 Å². The Hall–Kier alpha value is -4.06. The summed E-state index contributed by atoms with van der Waals surface area (Å²) >= 11 is 3.25. The van der Waals surface area contributed by atoms with Crippen LogP contribution in [0.4, 0.5) is 16.2 Å². The zero-order valence-corrected chi connectivity index (χ0v) is 17.1. The van der Waals surface area contributed by atoms with E-state index in [-0.39, 0.29) is 23.6 Å². The lowest BCUT2D eigenvalue weighted by atomic mass is 10.1. The maximum Gasteiger partial charge on any atom is 0.335 e. The summed E-state index contributed by atoms with van der Waals surface area (Å²) in [6.45, 7) is -0.333. The number of anilines is 1. The van der Waals surface area contributed by atoms with E-state index >= 15 is 0 Å². The molecule has 31 heavy (non-hydrogen) atoms. The number of amides is 5. The van der Waals surface area contributed by atoms with Crippen LogP contribution in [0.3, 0.4) is 0 Å². The first-order valence-electron chi connectivity index (χ1n) is 8.54. The van der Waals surface area contributed by atoms with Gasteiger partial charge in [0, 0.05) is 12.1 Å². The van der Waals surface area contributed by atoms with Gasteiger partial charge in [0.25, 0.3) is 23.4 Å². The number of carbonyl (C=O) groups is 4. The number of non-ortho nitro benzene ring substituents is 1. The number of nitrogens with two attached hydrogens (primary N) is 1. The third-order valence-electron chi connectivity index (χ3n) is 4.04. The smallest absolute Gasteiger partial charge is 0.335 e. The molecule has 0 bridgehead atoms. The van der Waals surface area contributed by atoms with Gasteiger partial charge < -0.3 is 10.5 Å². The number of ether oxygens (including phenoxy) is 1. The van der Waals surface area contributed by atoms with Gasteiger partial charge in [-0.15, -0.1) is 0 Å². The van der Waals surface area contributed by atoms with E-state index in [1.807, 2.05) is 5.32 Å². The molecule has 0 unspecified atom stereocenters. The molecule has 1 aliphatic rings. The number of hydrogen-bond donors (Lipinski definition) is 2. The molecule has 0 atom stereocenters. The molecule has 12 heteroatoms. The van der Waals surface area contributed by atoms with Crippen molar-refractivity contribution in [1.29, 1.82) is 0 Å². The number of hydrogen-bond acceptors (Lipinski definition) is 7. The first-order chi connectivity index (χ1) is 14.7. The summed E-state index contributed by atoms with van der Waals surface area (Å²) < 4.78 is 5.64. The SMILES string of the molecule is NC(=O)COc1ccc(/C=C2\C(=O)NC(=O)N(c3cccc([N+](=O)[O-])c3)C2=O)cc1Br. The molecule has 1 fully saturated rings. The number of carbonyl (C=O) groups excluding carboxylic acids is 4. The van der Waals surface area contributed by atoms with Crippen LogP contribution in [0.1, 0.15) is 5.56 Å². The van der Waals surface area contributed by atoms with Crippen LogP contribution in [0.15, 0.2) is 52.5 Å². The van der Waals surface area contributed by atoms with E-state index in [1.54, 1.807) is 0 Å². The molecule has 2 aromatic rings. The molecule has 1 aliphatic heterocycles. The summed E-state index contributed by atoms with van der Waals surface area (Å²) in [7, 11) is 0. The van der Waals surface area contributed by atoms with Crippen molar-refractivity contribution in [2.45, 2.75) is 0 Å². The fourth-order valence-electron chi connectivity index (χ4n) is 2.68. The van der Waals surface area contributed by atoms with Crippen LogP contribution < -0.4 is 20.7 Å². The molecule has 158 valence electrons. The molecule has 0 aliphatic carbocycles. The largest absolute Gasteiger partial charge is 0.483 e. The van der Waals surface area contributed by atoms with Crippen molar-refractivity contribution in [2.75, 3.05) is 11.5 Å². The molecule has 2 aromatic carbocycles. The standard InChI is InChI=1S/C19H13BrN4O7/c20-14-7-10(4-5-15(14)31-9-16(21)25)6-13-17(26)22-19(28)23(18(13)27)11-2-1-3-12(8-11)24(29)30/h1-8H,9H2,(H2,21,25)(H,22,26,28)/b13-6+. The molecule has 0 aromatic heterocycles.